The highest BCUT2D eigenvalue weighted by Gasteiger charge is 2.36. The molecule has 7 aromatic rings. The van der Waals surface area contributed by atoms with Crippen molar-refractivity contribution >= 4 is 27.4 Å². The van der Waals surface area contributed by atoms with Gasteiger partial charge in [-0.25, -0.2) is 15.0 Å². The van der Waals surface area contributed by atoms with Gasteiger partial charge in [0.05, 0.1) is 11.0 Å². The summed E-state index contributed by atoms with van der Waals surface area (Å²) in [7, 11) is 0. The molecule has 4 nitrogen and oxygen atoms in total. The molecule has 0 amide bonds. The summed E-state index contributed by atoms with van der Waals surface area (Å²) < 4.78 is 2.40. The van der Waals surface area contributed by atoms with E-state index in [9.17, 15) is 0 Å². The normalized spacial score (nSPS) is 14.8. The van der Waals surface area contributed by atoms with Crippen LogP contribution in [0.4, 0.5) is 0 Å². The number of hydrogen-bond donors (Lipinski definition) is 0. The van der Waals surface area contributed by atoms with Gasteiger partial charge in [0, 0.05) is 38.6 Å². The summed E-state index contributed by atoms with van der Waals surface area (Å²) in [5.74, 6) is 2.06. The van der Waals surface area contributed by atoms with Crippen molar-refractivity contribution in [3.05, 3.63) is 150 Å². The molecule has 0 radical (unpaired) electrons. The van der Waals surface area contributed by atoms with Gasteiger partial charge >= 0.3 is 0 Å². The fourth-order valence-corrected chi connectivity index (χ4v) is 7.36. The van der Waals surface area contributed by atoms with Crippen LogP contribution in [0, 0.1) is 0 Å². The standard InChI is InChI=1S/C42H32N4/c1-42(2)35-22-11-9-20-31(35)33-25-34-32-21-10-12-23-37(32)46(38(34)26-36(33)42)30-19-13-18-29(24-30)41-44-39(27-14-5-3-6-15-27)43-40(45-41)28-16-7-4-8-17-28/h3,5-7,9-26H,4,8H2,1-2H3. The van der Waals surface area contributed by atoms with E-state index in [0.717, 1.165) is 35.2 Å². The van der Waals surface area contributed by atoms with Gasteiger partial charge in [0.1, 0.15) is 0 Å². The van der Waals surface area contributed by atoms with Crippen molar-refractivity contribution in [1.82, 2.24) is 19.5 Å². The van der Waals surface area contributed by atoms with Crippen LogP contribution in [-0.2, 0) is 5.41 Å². The van der Waals surface area contributed by atoms with Crippen LogP contribution in [0.15, 0.2) is 133 Å². The summed E-state index contributed by atoms with van der Waals surface area (Å²) in [5, 5.41) is 2.51. The lowest BCUT2D eigenvalue weighted by molar-refractivity contribution is 0.661. The van der Waals surface area contributed by atoms with Crippen molar-refractivity contribution in [2.24, 2.45) is 0 Å². The molecule has 0 N–H and O–H groups in total. The molecular formula is C42H32N4. The minimum Gasteiger partial charge on any atom is -0.309 e. The second-order valence-corrected chi connectivity index (χ2v) is 12.8. The number of allylic oxidation sites excluding steroid dienone is 4. The summed E-state index contributed by atoms with van der Waals surface area (Å²) >= 11 is 0. The Hall–Kier alpha value is -5.61. The lowest BCUT2D eigenvalue weighted by Gasteiger charge is -2.21. The Labute approximate surface area is 268 Å². The van der Waals surface area contributed by atoms with E-state index in [1.165, 1.54) is 44.1 Å². The van der Waals surface area contributed by atoms with Crippen LogP contribution in [0.3, 0.4) is 0 Å². The Morgan fingerprint density at radius 1 is 0.565 bits per heavy atom. The zero-order chi connectivity index (χ0) is 30.8. The van der Waals surface area contributed by atoms with Crippen LogP contribution < -0.4 is 0 Å². The summed E-state index contributed by atoms with van der Waals surface area (Å²) in [6.45, 7) is 4.69. The van der Waals surface area contributed by atoms with Gasteiger partial charge in [-0.3, -0.25) is 0 Å². The summed E-state index contributed by atoms with van der Waals surface area (Å²) in [5.41, 5.74) is 11.8. The molecule has 2 heterocycles. The molecule has 0 fully saturated rings. The molecule has 0 aliphatic heterocycles. The molecular weight excluding hydrogens is 560 g/mol. The third-order valence-electron chi connectivity index (χ3n) is 9.66. The minimum atomic E-state index is -0.0827. The van der Waals surface area contributed by atoms with Crippen molar-refractivity contribution in [1.29, 1.82) is 0 Å². The lowest BCUT2D eigenvalue weighted by Crippen LogP contribution is -2.14. The first-order chi connectivity index (χ1) is 22.6. The monoisotopic (exact) mass is 592 g/mol. The smallest absolute Gasteiger partial charge is 0.164 e. The first-order valence-corrected chi connectivity index (χ1v) is 16.0. The molecule has 2 aliphatic rings. The molecule has 2 aromatic heterocycles. The Bertz CT molecular complexity index is 2390. The highest BCUT2D eigenvalue weighted by Crippen LogP contribution is 2.51. The predicted octanol–water partition coefficient (Wildman–Crippen LogP) is 10.3. The molecule has 220 valence electrons. The molecule has 0 saturated carbocycles. The Kier molecular flexibility index (Phi) is 5.94. The van der Waals surface area contributed by atoms with Crippen LogP contribution in [0.25, 0.3) is 67.0 Å². The number of hydrogen-bond acceptors (Lipinski definition) is 3. The molecule has 4 heteroatoms. The first-order valence-electron chi connectivity index (χ1n) is 16.0. The number of benzene rings is 5. The van der Waals surface area contributed by atoms with Gasteiger partial charge < -0.3 is 4.57 Å². The summed E-state index contributed by atoms with van der Waals surface area (Å²) in [6, 6.07) is 41.2. The van der Waals surface area contributed by atoms with Gasteiger partial charge in [0.25, 0.3) is 0 Å². The largest absolute Gasteiger partial charge is 0.309 e. The summed E-state index contributed by atoms with van der Waals surface area (Å²) in [6.07, 6.45) is 8.58. The van der Waals surface area contributed by atoms with Gasteiger partial charge in [-0.05, 0) is 65.4 Å². The van der Waals surface area contributed by atoms with Gasteiger partial charge in [0.2, 0.25) is 0 Å². The zero-order valence-corrected chi connectivity index (χ0v) is 25.9. The predicted molar refractivity (Wildman–Crippen MR) is 189 cm³/mol. The van der Waals surface area contributed by atoms with E-state index < -0.39 is 0 Å². The van der Waals surface area contributed by atoms with Gasteiger partial charge in [0.15, 0.2) is 17.5 Å². The summed E-state index contributed by atoms with van der Waals surface area (Å²) in [4.78, 5) is 15.0. The molecule has 9 rings (SSSR count). The van der Waals surface area contributed by atoms with Crippen molar-refractivity contribution in [3.8, 4) is 39.6 Å². The van der Waals surface area contributed by atoms with E-state index in [4.69, 9.17) is 15.0 Å². The minimum absolute atomic E-state index is 0.0827. The molecule has 0 unspecified atom stereocenters. The van der Waals surface area contributed by atoms with Crippen molar-refractivity contribution in [2.75, 3.05) is 0 Å². The highest BCUT2D eigenvalue weighted by molar-refractivity contribution is 6.11. The molecule has 0 spiro atoms. The average Bonchev–Trinajstić information content (AvgIpc) is 3.56. The number of nitrogens with zero attached hydrogens (tertiary/aromatic N) is 4. The lowest BCUT2D eigenvalue weighted by atomic mass is 9.82. The van der Waals surface area contributed by atoms with E-state index in [1.54, 1.807) is 0 Å². The Balaban J connectivity index is 1.25. The molecule has 5 aromatic carbocycles. The SMILES string of the molecule is CC1(C)c2ccccc2-c2cc3c4ccccc4n(-c4cccc(-c5nc(C6=CCCC=C6)nc(-c6ccccc6)n5)c4)c3cc21. The average molecular weight is 593 g/mol. The molecule has 0 bridgehead atoms. The number of aromatic nitrogens is 4. The van der Waals surface area contributed by atoms with E-state index in [1.807, 2.05) is 18.2 Å². The maximum absolute atomic E-state index is 5.04. The maximum Gasteiger partial charge on any atom is 0.164 e. The van der Waals surface area contributed by atoms with Crippen molar-refractivity contribution < 1.29 is 0 Å². The first kappa shape index (κ1) is 26.8. The number of rotatable bonds is 4. The third kappa shape index (κ3) is 4.10. The molecule has 0 atom stereocenters. The van der Waals surface area contributed by atoms with E-state index in [0.29, 0.717) is 17.5 Å². The quantitative estimate of drug-likeness (QED) is 0.204. The van der Waals surface area contributed by atoms with Crippen molar-refractivity contribution in [2.45, 2.75) is 32.1 Å². The zero-order valence-electron chi connectivity index (χ0n) is 25.9. The van der Waals surface area contributed by atoms with Gasteiger partial charge in [-0.15, -0.1) is 0 Å². The second kappa shape index (κ2) is 10.2. The fraction of sp³-hybridized carbons (Fsp3) is 0.119. The Morgan fingerprint density at radius 3 is 2.15 bits per heavy atom. The number of fused-ring (bicyclic) bond motifs is 6. The van der Waals surface area contributed by atoms with Crippen LogP contribution in [0.1, 0.15) is 43.6 Å². The van der Waals surface area contributed by atoms with Crippen molar-refractivity contribution in [3.63, 3.8) is 0 Å². The Morgan fingerprint density at radius 2 is 1.30 bits per heavy atom. The maximum atomic E-state index is 5.04. The van der Waals surface area contributed by atoms with E-state index in [2.05, 4.69) is 134 Å². The van der Waals surface area contributed by atoms with Crippen LogP contribution >= 0.6 is 0 Å². The van der Waals surface area contributed by atoms with E-state index in [-0.39, 0.29) is 5.41 Å². The molecule has 0 saturated heterocycles. The topological polar surface area (TPSA) is 43.6 Å². The number of para-hydroxylation sites is 1. The fourth-order valence-electron chi connectivity index (χ4n) is 7.36. The van der Waals surface area contributed by atoms with Crippen LogP contribution in [-0.4, -0.2) is 19.5 Å². The molecule has 2 aliphatic carbocycles. The second-order valence-electron chi connectivity index (χ2n) is 12.8. The van der Waals surface area contributed by atoms with Gasteiger partial charge in [-0.1, -0.05) is 117 Å². The van der Waals surface area contributed by atoms with Gasteiger partial charge in [-0.2, -0.15) is 0 Å². The third-order valence-corrected chi connectivity index (χ3v) is 9.66. The van der Waals surface area contributed by atoms with E-state index >= 15 is 0 Å². The van der Waals surface area contributed by atoms with Crippen LogP contribution in [0.5, 0.6) is 0 Å². The van der Waals surface area contributed by atoms with Crippen LogP contribution in [0.2, 0.25) is 0 Å². The highest BCUT2D eigenvalue weighted by atomic mass is 15.0. The molecule has 46 heavy (non-hydrogen) atoms.